The minimum absolute atomic E-state index is 0.176. The molecule has 7 nitrogen and oxygen atoms in total. The number of H-pyrrole nitrogens is 1. The van der Waals surface area contributed by atoms with E-state index < -0.39 is 10.3 Å². The minimum Gasteiger partial charge on any atom is -0.269 e. The van der Waals surface area contributed by atoms with Crippen molar-refractivity contribution >= 4 is 16.3 Å². The molecule has 3 N–H and O–H groups in total. The van der Waals surface area contributed by atoms with Gasteiger partial charge in [0.2, 0.25) is 0 Å². The number of nitrogens with one attached hydrogen (secondary N) is 2. The van der Waals surface area contributed by atoms with Crippen LogP contribution in [0.2, 0.25) is 0 Å². The molecule has 0 radical (unpaired) electrons. The molecule has 0 spiro atoms. The van der Waals surface area contributed by atoms with E-state index in [1.54, 1.807) is 11.6 Å². The van der Waals surface area contributed by atoms with Crippen LogP contribution < -0.4 is 4.72 Å². The van der Waals surface area contributed by atoms with E-state index in [-0.39, 0.29) is 5.95 Å². The number of nitrogens with zero attached hydrogens (tertiary/aromatic N) is 2. The molecular weight excluding hydrogens is 172 g/mol. The Morgan fingerprint density at radius 1 is 1.64 bits per heavy atom. The molecule has 0 aliphatic rings. The number of rotatable bonds is 2. The largest absolute Gasteiger partial charge is 0.359 e. The summed E-state index contributed by atoms with van der Waals surface area (Å²) in [5.74, 6) is 0.279. The molecule has 0 bridgehead atoms. The molecule has 62 valence electrons. The first-order valence-corrected chi connectivity index (χ1v) is 4.05. The van der Waals surface area contributed by atoms with Crippen LogP contribution in [-0.2, 0) is 10.3 Å². The molecule has 1 aromatic rings. The van der Waals surface area contributed by atoms with Crippen LogP contribution >= 0.6 is 0 Å². The van der Waals surface area contributed by atoms with E-state index >= 15 is 0 Å². The Morgan fingerprint density at radius 2 is 2.27 bits per heavy atom. The van der Waals surface area contributed by atoms with E-state index in [0.29, 0.717) is 5.82 Å². The highest BCUT2D eigenvalue weighted by Gasteiger charge is 2.06. The van der Waals surface area contributed by atoms with Crippen LogP contribution in [-0.4, -0.2) is 28.2 Å². The normalized spacial score (nSPS) is 11.5. The third-order valence-electron chi connectivity index (χ3n) is 0.817. The lowest BCUT2D eigenvalue weighted by molar-refractivity contribution is 0.489. The van der Waals surface area contributed by atoms with Crippen molar-refractivity contribution in [2.75, 3.05) is 4.72 Å². The Morgan fingerprint density at radius 3 is 2.64 bits per heavy atom. The van der Waals surface area contributed by atoms with Gasteiger partial charge in [-0.05, 0) is 6.92 Å². The first kappa shape index (κ1) is 7.95. The van der Waals surface area contributed by atoms with Gasteiger partial charge in [0.05, 0.1) is 0 Å². The molecule has 1 rings (SSSR count). The van der Waals surface area contributed by atoms with Crippen molar-refractivity contribution in [3.05, 3.63) is 5.82 Å². The SMILES string of the molecule is Cc1nc(NS(=O)(=O)O)n[nH]1. The number of hydrogen-bond donors (Lipinski definition) is 3. The predicted octanol–water partition coefficient (Wildman–Crippen LogP) is -0.672. The van der Waals surface area contributed by atoms with Crippen molar-refractivity contribution in [2.45, 2.75) is 6.92 Å². The van der Waals surface area contributed by atoms with E-state index in [1.807, 2.05) is 0 Å². The van der Waals surface area contributed by atoms with Gasteiger partial charge < -0.3 is 0 Å². The molecule has 0 atom stereocenters. The molecule has 8 heteroatoms. The highest BCUT2D eigenvalue weighted by atomic mass is 32.2. The zero-order chi connectivity index (χ0) is 8.48. The van der Waals surface area contributed by atoms with Crippen molar-refractivity contribution in [3.8, 4) is 0 Å². The molecule has 0 aliphatic carbocycles. The molecule has 11 heavy (non-hydrogen) atoms. The predicted molar refractivity (Wildman–Crippen MR) is 36.3 cm³/mol. The third kappa shape index (κ3) is 2.51. The Bertz CT molecular complexity index is 341. The maximum absolute atomic E-state index is 10.2. The summed E-state index contributed by atoms with van der Waals surface area (Å²) in [6.45, 7) is 1.60. The van der Waals surface area contributed by atoms with Gasteiger partial charge in [-0.15, -0.1) is 5.10 Å². The standard InChI is InChI=1S/C3H6N4O3S/c1-2-4-3(6-5-2)7-11(8,9)10/h1H3,(H,8,9,10)(H2,4,5,6,7). The summed E-state index contributed by atoms with van der Waals surface area (Å²) in [6, 6.07) is 0. The second kappa shape index (κ2) is 2.47. The zero-order valence-electron chi connectivity index (χ0n) is 5.57. The van der Waals surface area contributed by atoms with Gasteiger partial charge in [0.1, 0.15) is 5.82 Å². The van der Waals surface area contributed by atoms with Gasteiger partial charge in [0.25, 0.3) is 5.95 Å². The summed E-state index contributed by atoms with van der Waals surface area (Å²) >= 11 is 0. The maximum atomic E-state index is 10.2. The van der Waals surface area contributed by atoms with Crippen molar-refractivity contribution in [1.29, 1.82) is 0 Å². The second-order valence-electron chi connectivity index (χ2n) is 1.82. The molecule has 0 saturated carbocycles. The molecular formula is C3H6N4O3S. The van der Waals surface area contributed by atoms with Crippen LogP contribution in [0.4, 0.5) is 5.95 Å². The molecule has 0 fully saturated rings. The van der Waals surface area contributed by atoms with Gasteiger partial charge in [0, 0.05) is 0 Å². The van der Waals surface area contributed by atoms with Gasteiger partial charge >= 0.3 is 10.3 Å². The lowest BCUT2D eigenvalue weighted by Crippen LogP contribution is -2.11. The van der Waals surface area contributed by atoms with Gasteiger partial charge in [-0.1, -0.05) is 0 Å². The van der Waals surface area contributed by atoms with Gasteiger partial charge in [0.15, 0.2) is 0 Å². The fraction of sp³-hybridized carbons (Fsp3) is 0.333. The Labute approximate surface area is 62.7 Å². The Hall–Kier alpha value is -1.15. The number of aryl methyl sites for hydroxylation is 1. The van der Waals surface area contributed by atoms with Crippen molar-refractivity contribution < 1.29 is 13.0 Å². The first-order chi connectivity index (χ1) is 4.97. The van der Waals surface area contributed by atoms with Crippen LogP contribution in [0.25, 0.3) is 0 Å². The number of anilines is 1. The van der Waals surface area contributed by atoms with E-state index in [0.717, 1.165) is 0 Å². The lowest BCUT2D eigenvalue weighted by atomic mass is 10.8. The van der Waals surface area contributed by atoms with Crippen molar-refractivity contribution in [1.82, 2.24) is 15.2 Å². The van der Waals surface area contributed by atoms with E-state index in [9.17, 15) is 8.42 Å². The molecule has 1 heterocycles. The van der Waals surface area contributed by atoms with Crippen molar-refractivity contribution in [2.24, 2.45) is 0 Å². The molecule has 0 saturated heterocycles. The van der Waals surface area contributed by atoms with Crippen molar-refractivity contribution in [3.63, 3.8) is 0 Å². The van der Waals surface area contributed by atoms with Crippen LogP contribution in [0.3, 0.4) is 0 Å². The average molecular weight is 178 g/mol. The van der Waals surface area contributed by atoms with Crippen LogP contribution in [0.5, 0.6) is 0 Å². The molecule has 0 amide bonds. The lowest BCUT2D eigenvalue weighted by Gasteiger charge is -1.92. The monoisotopic (exact) mass is 178 g/mol. The zero-order valence-corrected chi connectivity index (χ0v) is 6.38. The number of aromatic amines is 1. The Balaban J connectivity index is 2.81. The molecule has 0 aromatic carbocycles. The summed E-state index contributed by atoms with van der Waals surface area (Å²) in [5.41, 5.74) is 0. The second-order valence-corrected chi connectivity index (χ2v) is 2.98. The molecule has 0 aliphatic heterocycles. The quantitative estimate of drug-likeness (QED) is 0.520. The van der Waals surface area contributed by atoms with Crippen LogP contribution in [0.1, 0.15) is 5.82 Å². The fourth-order valence-corrected chi connectivity index (χ4v) is 0.826. The maximum Gasteiger partial charge on any atom is 0.359 e. The Kier molecular flexibility index (Phi) is 1.79. The van der Waals surface area contributed by atoms with Crippen LogP contribution in [0, 0.1) is 6.92 Å². The summed E-state index contributed by atoms with van der Waals surface area (Å²) in [4.78, 5) is 3.58. The summed E-state index contributed by atoms with van der Waals surface area (Å²) < 4.78 is 30.2. The smallest absolute Gasteiger partial charge is 0.269 e. The highest BCUT2D eigenvalue weighted by molar-refractivity contribution is 7.87. The molecule has 1 aromatic heterocycles. The summed E-state index contributed by atoms with van der Waals surface area (Å²) in [6.07, 6.45) is 0. The fourth-order valence-electron chi connectivity index (χ4n) is 0.504. The topological polar surface area (TPSA) is 108 Å². The highest BCUT2D eigenvalue weighted by Crippen LogP contribution is 1.97. The number of aromatic nitrogens is 3. The van der Waals surface area contributed by atoms with Crippen LogP contribution in [0.15, 0.2) is 0 Å². The average Bonchev–Trinajstić information content (AvgIpc) is 2.10. The minimum atomic E-state index is -4.26. The van der Waals surface area contributed by atoms with Gasteiger partial charge in [-0.3, -0.25) is 9.65 Å². The van der Waals surface area contributed by atoms with E-state index in [2.05, 4.69) is 15.2 Å². The summed E-state index contributed by atoms with van der Waals surface area (Å²) in [7, 11) is -4.26. The number of hydrogen-bond acceptors (Lipinski definition) is 4. The van der Waals surface area contributed by atoms with Gasteiger partial charge in [-0.25, -0.2) is 4.72 Å². The van der Waals surface area contributed by atoms with Gasteiger partial charge in [-0.2, -0.15) is 13.4 Å². The molecule has 0 unspecified atom stereocenters. The summed E-state index contributed by atoms with van der Waals surface area (Å²) in [5, 5.41) is 5.81. The first-order valence-electron chi connectivity index (χ1n) is 2.61. The van der Waals surface area contributed by atoms with E-state index in [1.165, 1.54) is 0 Å². The van der Waals surface area contributed by atoms with E-state index in [4.69, 9.17) is 4.55 Å². The third-order valence-corrected chi connectivity index (χ3v) is 1.26.